The lowest BCUT2D eigenvalue weighted by Crippen LogP contribution is -2.00. The van der Waals surface area contributed by atoms with Crippen molar-refractivity contribution in [1.82, 2.24) is 29.9 Å². The van der Waals surface area contributed by atoms with Gasteiger partial charge in [-0.15, -0.1) is 20.4 Å². The molecule has 0 saturated heterocycles. The van der Waals surface area contributed by atoms with Crippen molar-refractivity contribution >= 4 is 23.4 Å². The second-order valence-electron chi connectivity index (χ2n) is 6.67. The summed E-state index contributed by atoms with van der Waals surface area (Å²) in [4.78, 5) is 4.09. The van der Waals surface area contributed by atoms with Crippen LogP contribution >= 0.6 is 23.4 Å². The average molecular weight is 441 g/mol. The van der Waals surface area contributed by atoms with E-state index in [0.717, 1.165) is 24.1 Å². The van der Waals surface area contributed by atoms with Crippen LogP contribution in [0.2, 0.25) is 5.02 Å². The molecule has 0 fully saturated rings. The number of halogens is 1. The predicted octanol–water partition coefficient (Wildman–Crippen LogP) is 5.56. The molecule has 0 aliphatic heterocycles. The molecular weight excluding hydrogens is 420 g/mol. The maximum absolute atomic E-state index is 6.50. The Bertz CT molecular complexity index is 1110. The number of benzene rings is 1. The van der Waals surface area contributed by atoms with Gasteiger partial charge in [0.2, 0.25) is 11.8 Å². The van der Waals surface area contributed by atoms with Gasteiger partial charge < -0.3 is 4.42 Å². The van der Waals surface area contributed by atoms with Crippen molar-refractivity contribution < 1.29 is 4.42 Å². The minimum atomic E-state index is 0.293. The molecule has 0 N–H and O–H groups in total. The van der Waals surface area contributed by atoms with Crippen molar-refractivity contribution in [3.63, 3.8) is 0 Å². The fraction of sp³-hybridized carbons (Fsp3) is 0.286. The van der Waals surface area contributed by atoms with Crippen LogP contribution in [0.15, 0.2) is 58.4 Å². The van der Waals surface area contributed by atoms with Crippen molar-refractivity contribution in [2.24, 2.45) is 0 Å². The highest BCUT2D eigenvalue weighted by atomic mass is 35.5. The smallest absolute Gasteiger partial charge is 0.226 e. The highest BCUT2D eigenvalue weighted by Crippen LogP contribution is 2.32. The van der Waals surface area contributed by atoms with Crippen LogP contribution in [0, 0.1) is 0 Å². The van der Waals surface area contributed by atoms with E-state index in [0.29, 0.717) is 39.5 Å². The van der Waals surface area contributed by atoms with Gasteiger partial charge in [0.25, 0.3) is 0 Å². The molecule has 0 spiro atoms. The van der Waals surface area contributed by atoms with Crippen molar-refractivity contribution in [3.05, 3.63) is 65.6 Å². The van der Waals surface area contributed by atoms with E-state index in [9.17, 15) is 0 Å². The average Bonchev–Trinajstić information content (AvgIpc) is 3.41. The van der Waals surface area contributed by atoms with Crippen molar-refractivity contribution in [2.45, 2.75) is 43.5 Å². The zero-order valence-electron chi connectivity index (χ0n) is 16.7. The zero-order valence-corrected chi connectivity index (χ0v) is 18.3. The molecule has 0 amide bonds. The van der Waals surface area contributed by atoms with Crippen LogP contribution in [0.4, 0.5) is 0 Å². The largest absolute Gasteiger partial charge is 0.424 e. The third-order valence-corrected chi connectivity index (χ3v) is 6.04. The standard InChI is InChI=1S/C21H21ClN6OS/c1-3-14(4-2)20-26-24-18(29-20)13-30-21-27-25-19(15-9-11-23-12-10-15)28(21)17-8-6-5-7-16(17)22/h5-12,14H,3-4,13H2,1-2H3. The lowest BCUT2D eigenvalue weighted by atomic mass is 10.0. The first-order valence-electron chi connectivity index (χ1n) is 9.77. The molecule has 154 valence electrons. The molecule has 0 aliphatic carbocycles. The van der Waals surface area contributed by atoms with E-state index in [-0.39, 0.29) is 0 Å². The van der Waals surface area contributed by atoms with Gasteiger partial charge in [0.05, 0.1) is 16.5 Å². The van der Waals surface area contributed by atoms with E-state index in [1.807, 2.05) is 41.0 Å². The van der Waals surface area contributed by atoms with Gasteiger partial charge >= 0.3 is 0 Å². The summed E-state index contributed by atoms with van der Waals surface area (Å²) in [5.74, 6) is 2.74. The van der Waals surface area contributed by atoms with Crippen LogP contribution < -0.4 is 0 Å². The Balaban J connectivity index is 1.66. The van der Waals surface area contributed by atoms with Crippen LogP contribution in [-0.2, 0) is 5.75 Å². The normalized spacial score (nSPS) is 11.3. The van der Waals surface area contributed by atoms with Gasteiger partial charge in [-0.3, -0.25) is 9.55 Å². The van der Waals surface area contributed by atoms with Crippen LogP contribution in [-0.4, -0.2) is 29.9 Å². The second-order valence-corrected chi connectivity index (χ2v) is 8.01. The fourth-order valence-electron chi connectivity index (χ4n) is 3.16. The highest BCUT2D eigenvalue weighted by molar-refractivity contribution is 7.98. The molecule has 0 radical (unpaired) electrons. The Hall–Kier alpha value is -2.71. The number of thioether (sulfide) groups is 1. The molecule has 4 aromatic rings. The number of hydrogen-bond acceptors (Lipinski definition) is 7. The van der Waals surface area contributed by atoms with E-state index >= 15 is 0 Å². The maximum atomic E-state index is 6.50. The fourth-order valence-corrected chi connectivity index (χ4v) is 4.16. The summed E-state index contributed by atoms with van der Waals surface area (Å²) in [7, 11) is 0. The van der Waals surface area contributed by atoms with Crippen molar-refractivity contribution in [3.8, 4) is 17.1 Å². The lowest BCUT2D eigenvalue weighted by Gasteiger charge is -2.11. The molecule has 1 aromatic carbocycles. The van der Waals surface area contributed by atoms with E-state index in [4.69, 9.17) is 16.0 Å². The Morgan fingerprint density at radius 2 is 1.77 bits per heavy atom. The number of aromatic nitrogens is 6. The Kier molecular flexibility index (Phi) is 6.44. The summed E-state index contributed by atoms with van der Waals surface area (Å²) in [5.41, 5.74) is 1.71. The van der Waals surface area contributed by atoms with Gasteiger partial charge in [-0.05, 0) is 37.1 Å². The summed E-state index contributed by atoms with van der Waals surface area (Å²) in [5, 5.41) is 18.5. The van der Waals surface area contributed by atoms with Gasteiger partial charge in [0, 0.05) is 23.9 Å². The van der Waals surface area contributed by atoms with E-state index in [2.05, 4.69) is 39.2 Å². The molecule has 3 aromatic heterocycles. The molecule has 9 heteroatoms. The number of para-hydroxylation sites is 1. The quantitative estimate of drug-likeness (QED) is 0.331. The second kappa shape index (κ2) is 9.40. The van der Waals surface area contributed by atoms with Gasteiger partial charge in [-0.2, -0.15) is 0 Å². The van der Waals surface area contributed by atoms with Crippen LogP contribution in [0.25, 0.3) is 17.1 Å². The summed E-state index contributed by atoms with van der Waals surface area (Å²) < 4.78 is 7.82. The zero-order chi connectivity index (χ0) is 20.9. The number of pyridine rings is 1. The van der Waals surface area contributed by atoms with Crippen LogP contribution in [0.3, 0.4) is 0 Å². The van der Waals surface area contributed by atoms with E-state index in [1.165, 1.54) is 11.8 Å². The van der Waals surface area contributed by atoms with Gasteiger partial charge in [0.15, 0.2) is 11.0 Å². The topological polar surface area (TPSA) is 82.5 Å². The highest BCUT2D eigenvalue weighted by Gasteiger charge is 2.20. The van der Waals surface area contributed by atoms with Gasteiger partial charge in [-0.1, -0.05) is 49.3 Å². The molecule has 0 aliphatic rings. The third kappa shape index (κ3) is 4.24. The minimum absolute atomic E-state index is 0.293. The number of rotatable bonds is 8. The van der Waals surface area contributed by atoms with Crippen molar-refractivity contribution in [1.29, 1.82) is 0 Å². The van der Waals surface area contributed by atoms with Gasteiger partial charge in [-0.25, -0.2) is 0 Å². The number of nitrogens with zero attached hydrogens (tertiary/aromatic N) is 6. The molecular formula is C21H21ClN6OS. The molecule has 0 atom stereocenters. The Morgan fingerprint density at radius 1 is 1.00 bits per heavy atom. The summed E-state index contributed by atoms with van der Waals surface area (Å²) in [6.45, 7) is 4.25. The maximum Gasteiger partial charge on any atom is 0.226 e. The molecule has 4 rings (SSSR count). The summed E-state index contributed by atoms with van der Waals surface area (Å²) in [6, 6.07) is 11.4. The SMILES string of the molecule is CCC(CC)c1nnc(CSc2nnc(-c3ccncc3)n2-c2ccccc2Cl)o1. The molecule has 7 nitrogen and oxygen atoms in total. The predicted molar refractivity (Wildman–Crippen MR) is 117 cm³/mol. The third-order valence-electron chi connectivity index (χ3n) is 4.81. The van der Waals surface area contributed by atoms with Gasteiger partial charge in [0.1, 0.15) is 0 Å². The monoisotopic (exact) mass is 440 g/mol. The molecule has 0 unspecified atom stereocenters. The first kappa shape index (κ1) is 20.6. The van der Waals surface area contributed by atoms with E-state index in [1.54, 1.807) is 12.4 Å². The van der Waals surface area contributed by atoms with Crippen LogP contribution in [0.5, 0.6) is 0 Å². The molecule has 3 heterocycles. The first-order chi connectivity index (χ1) is 14.7. The molecule has 30 heavy (non-hydrogen) atoms. The van der Waals surface area contributed by atoms with Crippen molar-refractivity contribution in [2.75, 3.05) is 0 Å². The van der Waals surface area contributed by atoms with E-state index < -0.39 is 0 Å². The molecule has 0 saturated carbocycles. The Labute approximate surface area is 183 Å². The minimum Gasteiger partial charge on any atom is -0.424 e. The first-order valence-corrected chi connectivity index (χ1v) is 11.1. The summed E-state index contributed by atoms with van der Waals surface area (Å²) in [6.07, 6.45) is 5.40. The molecule has 0 bridgehead atoms. The number of hydrogen-bond donors (Lipinski definition) is 0. The lowest BCUT2D eigenvalue weighted by molar-refractivity contribution is 0.413. The Morgan fingerprint density at radius 3 is 2.50 bits per heavy atom. The summed E-state index contributed by atoms with van der Waals surface area (Å²) >= 11 is 7.97. The van der Waals surface area contributed by atoms with Crippen LogP contribution in [0.1, 0.15) is 44.4 Å².